The highest BCUT2D eigenvalue weighted by Crippen LogP contribution is 2.37. The summed E-state index contributed by atoms with van der Waals surface area (Å²) in [5, 5.41) is 6.65. The summed E-state index contributed by atoms with van der Waals surface area (Å²) < 4.78 is 31.9. The van der Waals surface area contributed by atoms with Crippen LogP contribution in [-0.2, 0) is 43.5 Å². The second-order valence-electron chi connectivity index (χ2n) is 9.80. The molecule has 11 heteroatoms. The predicted molar refractivity (Wildman–Crippen MR) is 142 cm³/mol. The first-order valence-electron chi connectivity index (χ1n) is 12.7. The van der Waals surface area contributed by atoms with Gasteiger partial charge in [0, 0.05) is 36.7 Å². The van der Waals surface area contributed by atoms with Gasteiger partial charge >= 0.3 is 0 Å². The summed E-state index contributed by atoms with van der Waals surface area (Å²) >= 11 is 0. The number of hydrogen-bond donors (Lipinski definition) is 2. The first-order valence-corrected chi connectivity index (χ1v) is 12.7. The Labute approximate surface area is 225 Å². The van der Waals surface area contributed by atoms with Crippen molar-refractivity contribution in [3.05, 3.63) is 62.2 Å². The van der Waals surface area contributed by atoms with E-state index in [9.17, 15) is 18.8 Å². The average Bonchev–Trinajstić information content (AvgIpc) is 3.27. The average molecular weight is 541 g/mol. The van der Waals surface area contributed by atoms with Crippen molar-refractivity contribution in [3.63, 3.8) is 0 Å². The number of benzene rings is 1. The largest absolute Gasteiger partial charge is 0.463 e. The van der Waals surface area contributed by atoms with Gasteiger partial charge in [0.05, 0.1) is 41.8 Å². The zero-order chi connectivity index (χ0) is 28.3. The number of carbonyl (C=O) groups excluding carboxylic acids is 2. The Morgan fingerprint density at radius 1 is 1.23 bits per heavy atom. The number of pyridine rings is 2. The summed E-state index contributed by atoms with van der Waals surface area (Å²) in [6.07, 6.45) is -0.456. The molecule has 208 valence electrons. The van der Waals surface area contributed by atoms with Crippen molar-refractivity contribution in [2.75, 3.05) is 20.4 Å². The van der Waals surface area contributed by atoms with Crippen molar-refractivity contribution in [2.45, 2.75) is 59.5 Å². The third kappa shape index (κ3) is 5.85. The van der Waals surface area contributed by atoms with Crippen molar-refractivity contribution in [1.29, 1.82) is 0 Å². The fourth-order valence-corrected chi connectivity index (χ4v) is 4.66. The maximum Gasteiger partial charge on any atom is 0.293 e. The van der Waals surface area contributed by atoms with Gasteiger partial charge < -0.3 is 24.1 Å². The highest BCUT2D eigenvalue weighted by molar-refractivity contribution is 5.89. The monoisotopic (exact) mass is 540 g/mol. The Morgan fingerprint density at radius 3 is 2.69 bits per heavy atom. The van der Waals surface area contributed by atoms with Crippen LogP contribution in [0.2, 0.25) is 0 Å². The number of nitrogens with zero attached hydrogens (tertiary/aromatic N) is 2. The van der Waals surface area contributed by atoms with Gasteiger partial charge in [0.2, 0.25) is 5.91 Å². The Balaban J connectivity index is 1.77. The molecule has 4 rings (SSSR count). The van der Waals surface area contributed by atoms with Gasteiger partial charge in [0.15, 0.2) is 0 Å². The molecule has 0 radical (unpaired) electrons. The summed E-state index contributed by atoms with van der Waals surface area (Å²) in [5.41, 5.74) is 3.95. The number of amides is 1. The number of aromatic nitrogens is 2. The fourth-order valence-electron chi connectivity index (χ4n) is 4.66. The van der Waals surface area contributed by atoms with Crippen molar-refractivity contribution in [1.82, 2.24) is 20.2 Å². The molecule has 0 spiro atoms. The van der Waals surface area contributed by atoms with Crippen LogP contribution in [-0.4, -0.2) is 48.4 Å². The van der Waals surface area contributed by atoms with E-state index in [1.165, 1.54) is 13.2 Å². The molecule has 0 bridgehead atoms. The number of fused-ring (bicyclic) bond motifs is 4. The van der Waals surface area contributed by atoms with E-state index >= 15 is 0 Å². The third-order valence-corrected chi connectivity index (χ3v) is 6.85. The van der Waals surface area contributed by atoms with Crippen LogP contribution in [0.3, 0.4) is 0 Å². The molecule has 0 fully saturated rings. The molecule has 0 saturated heterocycles. The summed E-state index contributed by atoms with van der Waals surface area (Å²) in [5.74, 6) is -0.711. The van der Waals surface area contributed by atoms with E-state index in [1.54, 1.807) is 30.5 Å². The molecule has 1 unspecified atom stereocenters. The van der Waals surface area contributed by atoms with Gasteiger partial charge in [-0.2, -0.15) is 0 Å². The highest BCUT2D eigenvalue weighted by Gasteiger charge is 2.30. The quantitative estimate of drug-likeness (QED) is 0.160. The molecule has 1 aromatic carbocycles. The first-order chi connectivity index (χ1) is 18.7. The molecule has 10 nitrogen and oxygen atoms in total. The van der Waals surface area contributed by atoms with Crippen LogP contribution in [0.1, 0.15) is 54.7 Å². The second-order valence-corrected chi connectivity index (χ2v) is 9.80. The maximum atomic E-state index is 14.6. The third-order valence-electron chi connectivity index (χ3n) is 6.85. The predicted octanol–water partition coefficient (Wildman–Crippen LogP) is 2.84. The SMILES string of the molecule is COC(C)c1cc2n(c(=O)c1COC=O)Cc1c-2nc2cc(F)c(C)cc2c1CNC(=O)COCNC(C)C. The second kappa shape index (κ2) is 12.0. The standard InChI is InChI=1S/C28H33FN4O6/c1-15(2)31-13-38-12-26(35)30-9-20-19-6-16(3)23(29)8-24(19)32-27-21(20)10-33-25(27)7-18(17(4)37-5)22(28(33)36)11-39-14-34/h6-8,14-15,17,31H,9-13H2,1-5H3,(H,30,35). The summed E-state index contributed by atoms with van der Waals surface area (Å²) in [7, 11) is 1.52. The zero-order valence-electron chi connectivity index (χ0n) is 22.7. The Bertz CT molecular complexity index is 1470. The van der Waals surface area contributed by atoms with Crippen LogP contribution in [0.4, 0.5) is 4.39 Å². The van der Waals surface area contributed by atoms with Crippen LogP contribution < -0.4 is 16.2 Å². The summed E-state index contributed by atoms with van der Waals surface area (Å²) in [4.78, 5) is 41.7. The lowest BCUT2D eigenvalue weighted by molar-refractivity contribution is -0.130. The molecule has 1 amide bonds. The molecular weight excluding hydrogens is 507 g/mol. The van der Waals surface area contributed by atoms with Gasteiger partial charge in [-0.05, 0) is 56.5 Å². The topological polar surface area (TPSA) is 121 Å². The van der Waals surface area contributed by atoms with Crippen LogP contribution in [0.5, 0.6) is 0 Å². The molecule has 2 aromatic heterocycles. The van der Waals surface area contributed by atoms with E-state index in [1.807, 2.05) is 13.8 Å². The normalized spacial score (nSPS) is 12.9. The van der Waals surface area contributed by atoms with E-state index in [-0.39, 0.29) is 50.5 Å². The van der Waals surface area contributed by atoms with Gasteiger partial charge in [-0.25, -0.2) is 9.37 Å². The smallest absolute Gasteiger partial charge is 0.293 e. The summed E-state index contributed by atoms with van der Waals surface area (Å²) in [6.45, 7) is 7.95. The van der Waals surface area contributed by atoms with Gasteiger partial charge in [0.25, 0.3) is 12.0 Å². The number of halogens is 1. The first kappa shape index (κ1) is 28.3. The number of aryl methyl sites for hydroxylation is 1. The number of nitrogens with one attached hydrogen (secondary N) is 2. The molecular formula is C28H33FN4O6. The number of carbonyl (C=O) groups is 2. The Kier molecular flexibility index (Phi) is 8.73. The Morgan fingerprint density at radius 2 is 2.00 bits per heavy atom. The molecule has 0 saturated carbocycles. The van der Waals surface area contributed by atoms with Crippen LogP contribution in [0, 0.1) is 12.7 Å². The number of rotatable bonds is 12. The molecule has 39 heavy (non-hydrogen) atoms. The van der Waals surface area contributed by atoms with Crippen molar-refractivity contribution >= 4 is 23.3 Å². The highest BCUT2D eigenvalue weighted by atomic mass is 19.1. The Hall–Kier alpha value is -3.67. The van der Waals surface area contributed by atoms with Crippen LogP contribution in [0.25, 0.3) is 22.3 Å². The van der Waals surface area contributed by atoms with Crippen molar-refractivity contribution in [2.24, 2.45) is 0 Å². The molecule has 1 aliphatic rings. The van der Waals surface area contributed by atoms with Gasteiger partial charge in [-0.3, -0.25) is 19.7 Å². The van der Waals surface area contributed by atoms with Gasteiger partial charge in [-0.1, -0.05) is 0 Å². The van der Waals surface area contributed by atoms with Crippen molar-refractivity contribution < 1.29 is 28.2 Å². The van der Waals surface area contributed by atoms with Crippen molar-refractivity contribution in [3.8, 4) is 11.4 Å². The van der Waals surface area contributed by atoms with E-state index < -0.39 is 11.9 Å². The number of ether oxygens (including phenoxy) is 3. The lowest BCUT2D eigenvalue weighted by Gasteiger charge is -2.17. The fraction of sp³-hybridized carbons (Fsp3) is 0.429. The van der Waals surface area contributed by atoms with Crippen LogP contribution in [0.15, 0.2) is 23.0 Å². The van der Waals surface area contributed by atoms with Gasteiger partial charge in [-0.15, -0.1) is 0 Å². The molecule has 3 aromatic rings. The molecule has 0 aliphatic carbocycles. The molecule has 2 N–H and O–H groups in total. The minimum absolute atomic E-state index is 0.128. The maximum absolute atomic E-state index is 14.6. The summed E-state index contributed by atoms with van der Waals surface area (Å²) in [6, 6.07) is 5.09. The van der Waals surface area contributed by atoms with E-state index in [4.69, 9.17) is 19.2 Å². The van der Waals surface area contributed by atoms with Gasteiger partial charge in [0.1, 0.15) is 19.0 Å². The number of hydrogen-bond acceptors (Lipinski definition) is 8. The van der Waals surface area contributed by atoms with E-state index in [2.05, 4.69) is 10.6 Å². The lowest BCUT2D eigenvalue weighted by atomic mass is 9.98. The van der Waals surface area contributed by atoms with E-state index in [0.29, 0.717) is 45.5 Å². The van der Waals surface area contributed by atoms with Crippen LogP contribution >= 0.6 is 0 Å². The molecule has 1 atom stereocenters. The molecule has 1 aliphatic heterocycles. The minimum Gasteiger partial charge on any atom is -0.463 e. The minimum atomic E-state index is -0.456. The zero-order valence-corrected chi connectivity index (χ0v) is 22.7. The lowest BCUT2D eigenvalue weighted by Crippen LogP contribution is -2.31. The van der Waals surface area contributed by atoms with E-state index in [0.717, 1.165) is 11.1 Å². The number of methoxy groups -OCH3 is 1. The molecule has 3 heterocycles.